The lowest BCUT2D eigenvalue weighted by Crippen LogP contribution is -2.47. The van der Waals surface area contributed by atoms with E-state index in [0.29, 0.717) is 45.1 Å². The molecule has 2 N–H and O–H groups in total. The maximum absolute atomic E-state index is 13.0. The number of nitrogens with one attached hydrogen (secondary N) is 2. The molecule has 11 nitrogen and oxygen atoms in total. The van der Waals surface area contributed by atoms with Gasteiger partial charge in [-0.15, -0.1) is 0 Å². The Labute approximate surface area is 168 Å². The zero-order chi connectivity index (χ0) is 20.4. The third-order valence-electron chi connectivity index (χ3n) is 5.68. The summed E-state index contributed by atoms with van der Waals surface area (Å²) >= 11 is 0. The van der Waals surface area contributed by atoms with Gasteiger partial charge in [0.2, 0.25) is 11.8 Å². The number of ether oxygens (including phenoxy) is 1. The lowest BCUT2D eigenvalue weighted by molar-refractivity contribution is -0.132. The van der Waals surface area contributed by atoms with E-state index in [9.17, 15) is 9.59 Å². The highest BCUT2D eigenvalue weighted by Crippen LogP contribution is 2.41. The van der Waals surface area contributed by atoms with Crippen LogP contribution in [0.2, 0.25) is 0 Å². The normalized spacial score (nSPS) is 23.9. The van der Waals surface area contributed by atoms with Gasteiger partial charge in [0.25, 0.3) is 0 Å². The lowest BCUT2D eigenvalue weighted by Gasteiger charge is -2.26. The Kier molecular flexibility index (Phi) is 5.33. The second-order valence-corrected chi connectivity index (χ2v) is 7.77. The van der Waals surface area contributed by atoms with Crippen molar-refractivity contribution in [3.63, 3.8) is 0 Å². The van der Waals surface area contributed by atoms with Crippen LogP contribution in [-0.4, -0.2) is 80.7 Å². The minimum atomic E-state index is -0.606. The van der Waals surface area contributed by atoms with Gasteiger partial charge < -0.3 is 15.4 Å². The number of aromatic nitrogens is 5. The monoisotopic (exact) mass is 402 g/mol. The van der Waals surface area contributed by atoms with E-state index in [1.807, 2.05) is 11.9 Å². The Balaban J connectivity index is 1.32. The fourth-order valence-corrected chi connectivity index (χ4v) is 4.16. The van der Waals surface area contributed by atoms with Crippen molar-refractivity contribution >= 4 is 17.6 Å². The topological polar surface area (TPSA) is 119 Å². The number of carbonyl (C=O) groups is 2. The van der Waals surface area contributed by atoms with Crippen molar-refractivity contribution in [2.24, 2.45) is 25.4 Å². The molecule has 2 amide bonds. The number of hydrogen-bond donors (Lipinski definition) is 2. The van der Waals surface area contributed by atoms with Gasteiger partial charge in [-0.3, -0.25) is 23.9 Å². The number of likely N-dealkylation sites (tertiary alicyclic amines) is 1. The van der Waals surface area contributed by atoms with Crippen LogP contribution in [0.25, 0.3) is 0 Å². The molecular formula is C18H26N8O3. The van der Waals surface area contributed by atoms with Crippen molar-refractivity contribution < 1.29 is 14.3 Å². The van der Waals surface area contributed by atoms with E-state index < -0.39 is 5.41 Å². The largest absolute Gasteiger partial charge is 0.380 e. The van der Waals surface area contributed by atoms with Crippen LogP contribution in [0.4, 0.5) is 5.82 Å². The molecule has 2 aliphatic rings. The van der Waals surface area contributed by atoms with Crippen molar-refractivity contribution in [2.75, 3.05) is 44.7 Å². The van der Waals surface area contributed by atoms with Crippen LogP contribution in [0.15, 0.2) is 18.6 Å². The van der Waals surface area contributed by atoms with Crippen LogP contribution in [0.5, 0.6) is 0 Å². The van der Waals surface area contributed by atoms with Gasteiger partial charge in [0.15, 0.2) is 5.82 Å². The average molecular weight is 402 g/mol. The molecule has 2 aliphatic heterocycles. The van der Waals surface area contributed by atoms with Crippen LogP contribution in [0, 0.1) is 11.3 Å². The molecule has 0 radical (unpaired) electrons. The minimum Gasteiger partial charge on any atom is -0.380 e. The van der Waals surface area contributed by atoms with E-state index in [1.165, 1.54) is 6.33 Å². The molecule has 0 aliphatic carbocycles. The molecule has 11 heteroatoms. The third kappa shape index (κ3) is 4.01. The number of hydrogen-bond acceptors (Lipinski definition) is 7. The predicted octanol–water partition coefficient (Wildman–Crippen LogP) is -1.21. The van der Waals surface area contributed by atoms with Gasteiger partial charge >= 0.3 is 0 Å². The first-order valence-electron chi connectivity index (χ1n) is 9.67. The lowest BCUT2D eigenvalue weighted by atomic mass is 9.80. The van der Waals surface area contributed by atoms with E-state index in [2.05, 4.69) is 25.8 Å². The number of carbonyl (C=O) groups excluding carboxylic acids is 2. The van der Waals surface area contributed by atoms with Gasteiger partial charge in [0.05, 0.1) is 25.2 Å². The van der Waals surface area contributed by atoms with E-state index >= 15 is 0 Å². The first kappa shape index (κ1) is 19.5. The maximum Gasteiger partial charge on any atom is 0.239 e. The van der Waals surface area contributed by atoms with E-state index in [0.717, 1.165) is 5.82 Å². The van der Waals surface area contributed by atoms with Crippen LogP contribution < -0.4 is 10.6 Å². The molecule has 2 aromatic rings. The molecule has 4 heterocycles. The van der Waals surface area contributed by atoms with Crippen molar-refractivity contribution in [2.45, 2.75) is 6.42 Å². The summed E-state index contributed by atoms with van der Waals surface area (Å²) < 4.78 is 8.96. The molecule has 156 valence electrons. The number of rotatable bonds is 7. The average Bonchev–Trinajstić information content (AvgIpc) is 3.41. The van der Waals surface area contributed by atoms with Gasteiger partial charge in [-0.25, -0.2) is 4.98 Å². The van der Waals surface area contributed by atoms with Crippen LogP contribution >= 0.6 is 0 Å². The zero-order valence-corrected chi connectivity index (χ0v) is 16.7. The smallest absolute Gasteiger partial charge is 0.239 e. The summed E-state index contributed by atoms with van der Waals surface area (Å²) in [6.45, 7) is 2.79. The minimum absolute atomic E-state index is 0.0187. The number of anilines is 1. The summed E-state index contributed by atoms with van der Waals surface area (Å²) in [4.78, 5) is 31.6. The highest BCUT2D eigenvalue weighted by molar-refractivity contribution is 5.91. The van der Waals surface area contributed by atoms with Gasteiger partial charge in [-0.1, -0.05) is 0 Å². The van der Waals surface area contributed by atoms with E-state index in [4.69, 9.17) is 4.74 Å². The summed E-state index contributed by atoms with van der Waals surface area (Å²) in [6, 6.07) is 1.75. The molecule has 2 atom stereocenters. The molecule has 4 rings (SSSR count). The highest BCUT2D eigenvalue weighted by atomic mass is 16.5. The Morgan fingerprint density at radius 2 is 2.24 bits per heavy atom. The number of amides is 2. The second-order valence-electron chi connectivity index (χ2n) is 7.77. The third-order valence-corrected chi connectivity index (χ3v) is 5.68. The standard InChI is InChI=1S/C18H26N8O3/c1-24-6-4-14(23-24)22-16(27)8-26-7-13-9-29-11-18(13,10-26)17(28)19-5-3-15-20-12-21-25(15)2/h4,6,12-13H,3,5,7-11H2,1-2H3,(H,19,28)(H,22,23,27)/t13-,18-/m0/s1. The van der Waals surface area contributed by atoms with Gasteiger partial charge in [0.1, 0.15) is 12.2 Å². The summed E-state index contributed by atoms with van der Waals surface area (Å²) in [5.41, 5.74) is -0.606. The summed E-state index contributed by atoms with van der Waals surface area (Å²) in [7, 11) is 3.62. The second kappa shape index (κ2) is 7.91. The Morgan fingerprint density at radius 1 is 1.38 bits per heavy atom. The van der Waals surface area contributed by atoms with E-state index in [1.54, 1.807) is 28.7 Å². The SMILES string of the molecule is Cn1ccc(NC(=O)CN2C[C@H]3COC[C@@]3(C(=O)NCCc3ncnn3C)C2)n1. The number of nitrogens with zero attached hydrogens (tertiary/aromatic N) is 6. The fraction of sp³-hybridized carbons (Fsp3) is 0.611. The molecule has 0 aromatic carbocycles. The zero-order valence-electron chi connectivity index (χ0n) is 16.7. The van der Waals surface area contributed by atoms with Gasteiger partial charge in [-0.2, -0.15) is 10.2 Å². The molecule has 0 spiro atoms. The van der Waals surface area contributed by atoms with E-state index in [-0.39, 0.29) is 24.3 Å². The molecule has 2 saturated heterocycles. The first-order valence-corrected chi connectivity index (χ1v) is 9.67. The highest BCUT2D eigenvalue weighted by Gasteiger charge is 2.55. The van der Waals surface area contributed by atoms with Crippen molar-refractivity contribution in [3.8, 4) is 0 Å². The van der Waals surface area contributed by atoms with Crippen LogP contribution in [0.1, 0.15) is 5.82 Å². The molecule has 0 saturated carbocycles. The fourth-order valence-electron chi connectivity index (χ4n) is 4.16. The molecular weight excluding hydrogens is 376 g/mol. The maximum atomic E-state index is 13.0. The Hall–Kier alpha value is -2.79. The van der Waals surface area contributed by atoms with Crippen LogP contribution in [0.3, 0.4) is 0 Å². The summed E-state index contributed by atoms with van der Waals surface area (Å²) in [5.74, 6) is 1.27. The quantitative estimate of drug-likeness (QED) is 0.597. The summed E-state index contributed by atoms with van der Waals surface area (Å²) in [5, 5.41) is 14.0. The van der Waals surface area contributed by atoms with Crippen molar-refractivity contribution in [1.29, 1.82) is 0 Å². The van der Waals surface area contributed by atoms with Gasteiger partial charge in [0, 0.05) is 58.3 Å². The number of aryl methyl sites for hydroxylation is 2. The predicted molar refractivity (Wildman–Crippen MR) is 103 cm³/mol. The Bertz CT molecular complexity index is 893. The summed E-state index contributed by atoms with van der Waals surface area (Å²) in [6.07, 6.45) is 3.88. The molecule has 2 aromatic heterocycles. The van der Waals surface area contributed by atoms with Gasteiger partial charge in [-0.05, 0) is 0 Å². The van der Waals surface area contributed by atoms with Crippen LogP contribution in [-0.2, 0) is 34.8 Å². The molecule has 2 fully saturated rings. The van der Waals surface area contributed by atoms with Crippen molar-refractivity contribution in [3.05, 3.63) is 24.4 Å². The molecule has 0 unspecified atom stereocenters. The van der Waals surface area contributed by atoms with Crippen molar-refractivity contribution in [1.82, 2.24) is 34.8 Å². The molecule has 0 bridgehead atoms. The first-order chi connectivity index (χ1) is 14.0. The molecule has 29 heavy (non-hydrogen) atoms. The Morgan fingerprint density at radius 3 is 2.97 bits per heavy atom. The number of fused-ring (bicyclic) bond motifs is 1.